The zero-order valence-electron chi connectivity index (χ0n) is 14.8. The third-order valence-electron chi connectivity index (χ3n) is 4.49. The van der Waals surface area contributed by atoms with Crippen molar-refractivity contribution in [2.75, 3.05) is 11.9 Å². The maximum absolute atomic E-state index is 11.1. The van der Waals surface area contributed by atoms with Crippen molar-refractivity contribution in [2.45, 2.75) is 51.5 Å². The van der Waals surface area contributed by atoms with Gasteiger partial charge in [-0.05, 0) is 44.2 Å². The Kier molecular flexibility index (Phi) is 5.58. The van der Waals surface area contributed by atoms with E-state index in [1.807, 2.05) is 25.3 Å². The van der Waals surface area contributed by atoms with Crippen LogP contribution in [0.4, 0.5) is 5.82 Å². The van der Waals surface area contributed by atoms with Crippen molar-refractivity contribution in [3.05, 3.63) is 47.7 Å². The van der Waals surface area contributed by atoms with Crippen molar-refractivity contribution in [2.24, 2.45) is 0 Å². The molecular formula is C19H25N5O. The largest absolute Gasteiger partial charge is 0.370 e. The third kappa shape index (κ3) is 4.98. The first kappa shape index (κ1) is 17.3. The number of hydrogen-bond acceptors (Lipinski definition) is 5. The van der Waals surface area contributed by atoms with E-state index in [0.717, 1.165) is 49.6 Å². The number of pyridine rings is 1. The molecule has 0 bridgehead atoms. The number of aromatic nitrogens is 3. The fraction of sp³-hybridized carbons (Fsp3) is 0.474. The van der Waals surface area contributed by atoms with Gasteiger partial charge in [-0.25, -0.2) is 9.97 Å². The fourth-order valence-electron chi connectivity index (χ4n) is 3.21. The summed E-state index contributed by atoms with van der Waals surface area (Å²) in [6.45, 7) is 4.36. The van der Waals surface area contributed by atoms with E-state index < -0.39 is 0 Å². The van der Waals surface area contributed by atoms with Crippen LogP contribution < -0.4 is 10.6 Å². The van der Waals surface area contributed by atoms with Crippen LogP contribution in [0.5, 0.6) is 0 Å². The molecular weight excluding hydrogens is 314 g/mol. The van der Waals surface area contributed by atoms with Crippen LogP contribution in [0.2, 0.25) is 0 Å². The van der Waals surface area contributed by atoms with Crippen LogP contribution in [0.15, 0.2) is 30.6 Å². The highest BCUT2D eigenvalue weighted by Crippen LogP contribution is 2.36. The van der Waals surface area contributed by atoms with Gasteiger partial charge in [0.1, 0.15) is 11.6 Å². The van der Waals surface area contributed by atoms with Gasteiger partial charge in [0, 0.05) is 49.6 Å². The van der Waals surface area contributed by atoms with E-state index in [1.54, 1.807) is 13.1 Å². The lowest BCUT2D eigenvalue weighted by molar-refractivity contribution is -0.120. The molecule has 25 heavy (non-hydrogen) atoms. The number of nitrogens with one attached hydrogen (secondary N) is 2. The van der Waals surface area contributed by atoms with Crippen LogP contribution in [0.25, 0.3) is 0 Å². The van der Waals surface area contributed by atoms with Gasteiger partial charge in [-0.2, -0.15) is 0 Å². The fourth-order valence-corrected chi connectivity index (χ4v) is 3.21. The van der Waals surface area contributed by atoms with Crippen molar-refractivity contribution in [1.82, 2.24) is 20.3 Å². The Morgan fingerprint density at radius 1 is 1.32 bits per heavy atom. The van der Waals surface area contributed by atoms with Gasteiger partial charge in [-0.15, -0.1) is 0 Å². The van der Waals surface area contributed by atoms with Gasteiger partial charge in [-0.3, -0.25) is 9.78 Å². The lowest BCUT2D eigenvalue weighted by Crippen LogP contribution is -2.42. The Balaban J connectivity index is 1.49. The molecule has 0 saturated heterocycles. The van der Waals surface area contributed by atoms with E-state index >= 15 is 0 Å². The number of nitrogens with zero attached hydrogens (tertiary/aromatic N) is 3. The van der Waals surface area contributed by atoms with Gasteiger partial charge in [0.05, 0.1) is 0 Å². The standard InChI is InChI=1S/C19H25N5O/c1-13-22-18(16-9-17(10-16)24-14(2)25)11-19(23-13)21-8-4-6-15-5-3-7-20-12-15/h3,5,7,11-12,16-17H,4,6,8-10H2,1-2H3,(H,24,25)(H,21,22,23). The molecule has 0 aliphatic heterocycles. The Morgan fingerprint density at radius 3 is 2.88 bits per heavy atom. The second kappa shape index (κ2) is 8.05. The molecule has 3 rings (SSSR count). The molecule has 0 atom stereocenters. The van der Waals surface area contributed by atoms with Crippen LogP contribution in [0.1, 0.15) is 49.2 Å². The summed E-state index contributed by atoms with van der Waals surface area (Å²) in [5, 5.41) is 6.36. The third-order valence-corrected chi connectivity index (χ3v) is 4.49. The van der Waals surface area contributed by atoms with Crippen LogP contribution in [0, 0.1) is 6.92 Å². The number of anilines is 1. The van der Waals surface area contributed by atoms with Gasteiger partial charge < -0.3 is 10.6 Å². The minimum absolute atomic E-state index is 0.0401. The molecule has 1 aliphatic rings. The second-order valence-corrected chi connectivity index (χ2v) is 6.68. The molecule has 6 nitrogen and oxygen atoms in total. The predicted octanol–water partition coefficient (Wildman–Crippen LogP) is 2.61. The summed E-state index contributed by atoms with van der Waals surface area (Å²) in [6, 6.07) is 6.40. The summed E-state index contributed by atoms with van der Waals surface area (Å²) in [4.78, 5) is 24.3. The van der Waals surface area contributed by atoms with E-state index in [9.17, 15) is 4.79 Å². The number of hydrogen-bond donors (Lipinski definition) is 2. The summed E-state index contributed by atoms with van der Waals surface area (Å²) < 4.78 is 0. The maximum atomic E-state index is 11.1. The van der Waals surface area contributed by atoms with Crippen LogP contribution in [-0.4, -0.2) is 33.4 Å². The Bertz CT molecular complexity index is 713. The number of carbonyl (C=O) groups is 1. The molecule has 2 aromatic heterocycles. The minimum atomic E-state index is 0.0401. The van der Waals surface area contributed by atoms with Crippen LogP contribution in [0.3, 0.4) is 0 Å². The van der Waals surface area contributed by atoms with Crippen molar-refractivity contribution >= 4 is 11.7 Å². The van der Waals surface area contributed by atoms with Crippen molar-refractivity contribution in [3.63, 3.8) is 0 Å². The van der Waals surface area contributed by atoms with E-state index in [2.05, 4.69) is 31.7 Å². The van der Waals surface area contributed by atoms with Gasteiger partial charge in [0.25, 0.3) is 0 Å². The maximum Gasteiger partial charge on any atom is 0.217 e. The van der Waals surface area contributed by atoms with Crippen LogP contribution >= 0.6 is 0 Å². The first-order valence-corrected chi connectivity index (χ1v) is 8.85. The molecule has 0 spiro atoms. The van der Waals surface area contributed by atoms with Crippen molar-refractivity contribution in [3.8, 4) is 0 Å². The van der Waals surface area contributed by atoms with Crippen LogP contribution in [-0.2, 0) is 11.2 Å². The average molecular weight is 339 g/mol. The summed E-state index contributed by atoms with van der Waals surface area (Å²) >= 11 is 0. The minimum Gasteiger partial charge on any atom is -0.370 e. The molecule has 0 aromatic carbocycles. The average Bonchev–Trinajstić information content (AvgIpc) is 2.55. The molecule has 2 heterocycles. The highest BCUT2D eigenvalue weighted by atomic mass is 16.1. The predicted molar refractivity (Wildman–Crippen MR) is 97.4 cm³/mol. The molecule has 1 saturated carbocycles. The Morgan fingerprint density at radius 2 is 2.16 bits per heavy atom. The molecule has 1 fully saturated rings. The molecule has 1 aliphatic carbocycles. The molecule has 6 heteroatoms. The number of rotatable bonds is 7. The van der Waals surface area contributed by atoms with E-state index in [0.29, 0.717) is 5.92 Å². The molecule has 2 N–H and O–H groups in total. The van der Waals surface area contributed by atoms with Gasteiger partial charge >= 0.3 is 0 Å². The topological polar surface area (TPSA) is 79.8 Å². The lowest BCUT2D eigenvalue weighted by atomic mass is 9.78. The van der Waals surface area contributed by atoms with Crippen molar-refractivity contribution < 1.29 is 4.79 Å². The zero-order chi connectivity index (χ0) is 17.6. The molecule has 2 aromatic rings. The Hall–Kier alpha value is -2.50. The first-order chi connectivity index (χ1) is 12.1. The second-order valence-electron chi connectivity index (χ2n) is 6.68. The normalized spacial score (nSPS) is 19.1. The highest BCUT2D eigenvalue weighted by molar-refractivity contribution is 5.73. The molecule has 0 unspecified atom stereocenters. The summed E-state index contributed by atoms with van der Waals surface area (Å²) in [5.41, 5.74) is 2.33. The Labute approximate surface area is 148 Å². The highest BCUT2D eigenvalue weighted by Gasteiger charge is 2.32. The summed E-state index contributed by atoms with van der Waals surface area (Å²) in [5.74, 6) is 2.12. The SMILES string of the molecule is CC(=O)NC1CC(c2cc(NCCCc3cccnc3)nc(C)n2)C1. The summed E-state index contributed by atoms with van der Waals surface area (Å²) in [6.07, 6.45) is 7.64. The number of aryl methyl sites for hydroxylation is 2. The van der Waals surface area contributed by atoms with Gasteiger partial charge in [0.15, 0.2) is 0 Å². The smallest absolute Gasteiger partial charge is 0.217 e. The van der Waals surface area contributed by atoms with Gasteiger partial charge in [0.2, 0.25) is 5.91 Å². The number of carbonyl (C=O) groups excluding carboxylic acids is 1. The molecule has 1 amide bonds. The first-order valence-electron chi connectivity index (χ1n) is 8.85. The van der Waals surface area contributed by atoms with Gasteiger partial charge in [-0.1, -0.05) is 6.07 Å². The van der Waals surface area contributed by atoms with E-state index in [4.69, 9.17) is 0 Å². The number of amides is 1. The van der Waals surface area contributed by atoms with E-state index in [1.165, 1.54) is 5.56 Å². The van der Waals surface area contributed by atoms with Crippen molar-refractivity contribution in [1.29, 1.82) is 0 Å². The monoisotopic (exact) mass is 339 g/mol. The quantitative estimate of drug-likeness (QED) is 0.758. The molecule has 132 valence electrons. The van der Waals surface area contributed by atoms with E-state index in [-0.39, 0.29) is 11.9 Å². The zero-order valence-corrected chi connectivity index (χ0v) is 14.8. The lowest BCUT2D eigenvalue weighted by Gasteiger charge is -2.35. The molecule has 0 radical (unpaired) electrons. The summed E-state index contributed by atoms with van der Waals surface area (Å²) in [7, 11) is 0.